The Morgan fingerprint density at radius 3 is 2.45 bits per heavy atom. The molecule has 0 aromatic heterocycles. The standard InChI is InChI=1S/C16H15NO3/c1-20-14-9-5-6-12(10-14)15(18)16(19,11-17)13-7-3-2-4-8-13/h2-10,15,18-19H,1H3. The number of ether oxygens (including phenoxy) is 1. The molecule has 0 radical (unpaired) electrons. The van der Waals surface area contributed by atoms with Crippen LogP contribution in [0, 0.1) is 11.3 Å². The lowest BCUT2D eigenvalue weighted by atomic mass is 9.86. The van der Waals surface area contributed by atoms with Gasteiger partial charge < -0.3 is 14.9 Å². The second-order valence-electron chi connectivity index (χ2n) is 4.42. The first-order valence-electron chi connectivity index (χ1n) is 6.13. The molecule has 2 aromatic carbocycles. The molecule has 0 aliphatic carbocycles. The Kier molecular flexibility index (Phi) is 4.04. The van der Waals surface area contributed by atoms with E-state index < -0.39 is 11.7 Å². The van der Waals surface area contributed by atoms with Gasteiger partial charge in [0, 0.05) is 5.56 Å². The number of rotatable bonds is 4. The maximum absolute atomic E-state index is 10.5. The van der Waals surface area contributed by atoms with Gasteiger partial charge in [0.1, 0.15) is 17.9 Å². The Morgan fingerprint density at radius 2 is 1.85 bits per heavy atom. The number of nitrogens with zero attached hydrogens (tertiary/aromatic N) is 1. The van der Waals surface area contributed by atoms with E-state index in [0.717, 1.165) is 0 Å². The molecule has 4 heteroatoms. The maximum atomic E-state index is 10.5. The van der Waals surface area contributed by atoms with Crippen molar-refractivity contribution >= 4 is 0 Å². The summed E-state index contributed by atoms with van der Waals surface area (Å²) in [5, 5.41) is 30.2. The Hall–Kier alpha value is -2.35. The lowest BCUT2D eigenvalue weighted by Gasteiger charge is -2.27. The smallest absolute Gasteiger partial charge is 0.207 e. The first kappa shape index (κ1) is 14.1. The lowest BCUT2D eigenvalue weighted by Crippen LogP contribution is -2.31. The number of aliphatic hydroxyl groups excluding tert-OH is 1. The highest BCUT2D eigenvalue weighted by Crippen LogP contribution is 2.35. The fraction of sp³-hybridized carbons (Fsp3) is 0.188. The maximum Gasteiger partial charge on any atom is 0.207 e. The quantitative estimate of drug-likeness (QED) is 0.834. The van der Waals surface area contributed by atoms with Crippen molar-refractivity contribution in [2.75, 3.05) is 7.11 Å². The zero-order valence-corrected chi connectivity index (χ0v) is 11.0. The van der Waals surface area contributed by atoms with Gasteiger partial charge in [-0.2, -0.15) is 5.26 Å². The van der Waals surface area contributed by atoms with Crippen LogP contribution in [-0.4, -0.2) is 17.3 Å². The van der Waals surface area contributed by atoms with Crippen LogP contribution in [0.1, 0.15) is 17.2 Å². The van der Waals surface area contributed by atoms with Gasteiger partial charge in [0.25, 0.3) is 0 Å². The minimum absolute atomic E-state index is 0.345. The lowest BCUT2D eigenvalue weighted by molar-refractivity contribution is -0.0399. The average molecular weight is 269 g/mol. The molecule has 0 saturated carbocycles. The molecule has 2 N–H and O–H groups in total. The SMILES string of the molecule is COc1cccc(C(O)C(O)(C#N)c2ccccc2)c1. The van der Waals surface area contributed by atoms with Crippen molar-refractivity contribution in [2.45, 2.75) is 11.7 Å². The summed E-state index contributed by atoms with van der Waals surface area (Å²) in [4.78, 5) is 0. The van der Waals surface area contributed by atoms with E-state index in [1.807, 2.05) is 0 Å². The van der Waals surface area contributed by atoms with Crippen molar-refractivity contribution < 1.29 is 14.9 Å². The summed E-state index contributed by atoms with van der Waals surface area (Å²) in [6.07, 6.45) is -1.37. The zero-order chi connectivity index (χ0) is 14.6. The molecule has 0 amide bonds. The van der Waals surface area contributed by atoms with E-state index in [1.165, 1.54) is 7.11 Å². The predicted molar refractivity (Wildman–Crippen MR) is 73.9 cm³/mol. The van der Waals surface area contributed by atoms with E-state index >= 15 is 0 Å². The van der Waals surface area contributed by atoms with Gasteiger partial charge in [0.2, 0.25) is 5.60 Å². The molecule has 2 rings (SSSR count). The highest BCUT2D eigenvalue weighted by Gasteiger charge is 2.39. The summed E-state index contributed by atoms with van der Waals surface area (Å²) >= 11 is 0. The second kappa shape index (κ2) is 5.74. The molecule has 2 atom stereocenters. The van der Waals surface area contributed by atoms with Crippen molar-refractivity contribution in [1.29, 1.82) is 5.26 Å². The van der Waals surface area contributed by atoms with Crippen molar-refractivity contribution in [3.05, 3.63) is 65.7 Å². The normalized spacial score (nSPS) is 14.9. The third-order valence-corrected chi connectivity index (χ3v) is 3.19. The van der Waals surface area contributed by atoms with Gasteiger partial charge in [0.05, 0.1) is 7.11 Å². The van der Waals surface area contributed by atoms with E-state index in [0.29, 0.717) is 16.9 Å². The van der Waals surface area contributed by atoms with Crippen molar-refractivity contribution in [2.24, 2.45) is 0 Å². The van der Waals surface area contributed by atoms with Crippen LogP contribution in [0.3, 0.4) is 0 Å². The van der Waals surface area contributed by atoms with Crippen LogP contribution in [0.4, 0.5) is 0 Å². The van der Waals surface area contributed by atoms with Crippen LogP contribution in [0.25, 0.3) is 0 Å². The Morgan fingerprint density at radius 1 is 1.15 bits per heavy atom. The Balaban J connectivity index is 2.43. The highest BCUT2D eigenvalue weighted by molar-refractivity contribution is 5.37. The fourth-order valence-electron chi connectivity index (χ4n) is 2.03. The molecule has 2 unspecified atom stereocenters. The van der Waals surface area contributed by atoms with Gasteiger partial charge in [-0.05, 0) is 17.7 Å². The van der Waals surface area contributed by atoms with E-state index in [2.05, 4.69) is 0 Å². The largest absolute Gasteiger partial charge is 0.497 e. The summed E-state index contributed by atoms with van der Waals surface area (Å²) < 4.78 is 5.08. The van der Waals surface area contributed by atoms with Gasteiger partial charge in [-0.1, -0.05) is 42.5 Å². The summed E-state index contributed by atoms with van der Waals surface area (Å²) in [6, 6.07) is 16.8. The second-order valence-corrected chi connectivity index (χ2v) is 4.42. The minimum Gasteiger partial charge on any atom is -0.497 e. The zero-order valence-electron chi connectivity index (χ0n) is 11.0. The molecule has 20 heavy (non-hydrogen) atoms. The van der Waals surface area contributed by atoms with Crippen LogP contribution >= 0.6 is 0 Å². The molecule has 102 valence electrons. The number of nitriles is 1. The molecule has 0 fully saturated rings. The number of hydrogen-bond acceptors (Lipinski definition) is 4. The van der Waals surface area contributed by atoms with Crippen LogP contribution in [0.15, 0.2) is 54.6 Å². The fourth-order valence-corrected chi connectivity index (χ4v) is 2.03. The Bertz CT molecular complexity index is 621. The summed E-state index contributed by atoms with van der Waals surface area (Å²) in [7, 11) is 1.51. The number of aliphatic hydroxyl groups is 2. The topological polar surface area (TPSA) is 73.5 Å². The van der Waals surface area contributed by atoms with Crippen LogP contribution < -0.4 is 4.74 Å². The first-order chi connectivity index (χ1) is 9.61. The van der Waals surface area contributed by atoms with Crippen LogP contribution in [0.2, 0.25) is 0 Å². The van der Waals surface area contributed by atoms with Gasteiger partial charge in [-0.25, -0.2) is 0 Å². The van der Waals surface area contributed by atoms with E-state index in [-0.39, 0.29) is 0 Å². The third kappa shape index (κ3) is 2.50. The molecule has 0 heterocycles. The molecule has 0 spiro atoms. The third-order valence-electron chi connectivity index (χ3n) is 3.19. The summed E-state index contributed by atoms with van der Waals surface area (Å²) in [5.74, 6) is 0.551. The van der Waals surface area contributed by atoms with Gasteiger partial charge in [-0.3, -0.25) is 0 Å². The molecule has 4 nitrogen and oxygen atoms in total. The molecular formula is C16H15NO3. The molecule has 0 aliphatic heterocycles. The molecular weight excluding hydrogens is 254 g/mol. The molecule has 0 bridgehead atoms. The van der Waals surface area contributed by atoms with Crippen LogP contribution in [0.5, 0.6) is 5.75 Å². The summed E-state index contributed by atoms with van der Waals surface area (Å²) in [5.41, 5.74) is -1.25. The van der Waals surface area contributed by atoms with Gasteiger partial charge in [-0.15, -0.1) is 0 Å². The number of benzene rings is 2. The number of methoxy groups -OCH3 is 1. The first-order valence-corrected chi connectivity index (χ1v) is 6.13. The van der Waals surface area contributed by atoms with E-state index in [4.69, 9.17) is 4.74 Å². The predicted octanol–water partition coefficient (Wildman–Crippen LogP) is 2.14. The van der Waals surface area contributed by atoms with Crippen molar-refractivity contribution in [1.82, 2.24) is 0 Å². The van der Waals surface area contributed by atoms with Gasteiger partial charge in [0.15, 0.2) is 0 Å². The average Bonchev–Trinajstić information content (AvgIpc) is 2.54. The van der Waals surface area contributed by atoms with Crippen LogP contribution in [-0.2, 0) is 5.60 Å². The highest BCUT2D eigenvalue weighted by atomic mass is 16.5. The number of hydrogen-bond donors (Lipinski definition) is 2. The van der Waals surface area contributed by atoms with Crippen molar-refractivity contribution in [3.63, 3.8) is 0 Å². The monoisotopic (exact) mass is 269 g/mol. The molecule has 2 aromatic rings. The van der Waals surface area contributed by atoms with Gasteiger partial charge >= 0.3 is 0 Å². The van der Waals surface area contributed by atoms with Crippen molar-refractivity contribution in [3.8, 4) is 11.8 Å². The van der Waals surface area contributed by atoms with E-state index in [1.54, 1.807) is 60.7 Å². The van der Waals surface area contributed by atoms with E-state index in [9.17, 15) is 15.5 Å². The molecule has 0 aliphatic rings. The molecule has 0 saturated heterocycles. The minimum atomic E-state index is -2.01. The summed E-state index contributed by atoms with van der Waals surface area (Å²) in [6.45, 7) is 0. The Labute approximate surface area is 117 Å².